The predicted molar refractivity (Wildman–Crippen MR) is 118 cm³/mol. The van der Waals surface area contributed by atoms with Gasteiger partial charge in [0, 0.05) is 12.6 Å². The molecule has 3 rings (SSSR count). The predicted octanol–water partition coefficient (Wildman–Crippen LogP) is 4.22. The maximum Gasteiger partial charge on any atom is 0.337 e. The third-order valence-electron chi connectivity index (χ3n) is 4.55. The summed E-state index contributed by atoms with van der Waals surface area (Å²) in [5.41, 5.74) is 3.05. The molecule has 158 valence electrons. The van der Waals surface area contributed by atoms with Crippen molar-refractivity contribution in [2.45, 2.75) is 32.0 Å². The highest BCUT2D eigenvalue weighted by atomic mass is 16.5. The quantitative estimate of drug-likeness (QED) is 0.521. The largest absolute Gasteiger partial charge is 0.497 e. The molecule has 0 fully saturated rings. The molecule has 0 aliphatic heterocycles. The number of aliphatic hydroxyl groups is 1. The molecule has 0 saturated carbocycles. The first-order valence-electron chi connectivity index (χ1n) is 9.85. The number of carbonyl (C=O) groups is 1. The minimum atomic E-state index is -1.41. The summed E-state index contributed by atoms with van der Waals surface area (Å²) in [6.07, 6.45) is -0.382. The van der Waals surface area contributed by atoms with Gasteiger partial charge < -0.3 is 20.3 Å². The highest BCUT2D eigenvalue weighted by Crippen LogP contribution is 2.13. The Kier molecular flexibility index (Phi) is 9.58. The van der Waals surface area contributed by atoms with Gasteiger partial charge in [0.2, 0.25) is 0 Å². The normalized spacial score (nSPS) is 12.2. The minimum absolute atomic E-state index is 0.403. The Labute approximate surface area is 178 Å². The second-order valence-corrected chi connectivity index (χ2v) is 6.97. The van der Waals surface area contributed by atoms with Gasteiger partial charge in [-0.25, -0.2) is 4.79 Å². The number of carboxylic acid groups (broad SMARTS) is 1. The summed E-state index contributed by atoms with van der Waals surface area (Å²) in [6, 6.07) is 27.5. The van der Waals surface area contributed by atoms with Crippen LogP contribution in [0, 0.1) is 0 Å². The van der Waals surface area contributed by atoms with E-state index < -0.39 is 12.1 Å². The van der Waals surface area contributed by atoms with Gasteiger partial charge in [-0.15, -0.1) is 0 Å². The van der Waals surface area contributed by atoms with Crippen LogP contribution in [0.1, 0.15) is 29.7 Å². The van der Waals surface area contributed by atoms with Gasteiger partial charge in [-0.05, 0) is 42.2 Å². The average molecular weight is 408 g/mol. The lowest BCUT2D eigenvalue weighted by Crippen LogP contribution is -2.27. The van der Waals surface area contributed by atoms with Crippen molar-refractivity contribution in [3.05, 3.63) is 102 Å². The van der Waals surface area contributed by atoms with Crippen molar-refractivity contribution in [2.24, 2.45) is 0 Å². The van der Waals surface area contributed by atoms with Crippen LogP contribution in [0.25, 0.3) is 0 Å². The van der Waals surface area contributed by atoms with E-state index in [4.69, 9.17) is 14.9 Å². The Morgan fingerprint density at radius 1 is 0.900 bits per heavy atom. The van der Waals surface area contributed by atoms with Gasteiger partial charge >= 0.3 is 5.97 Å². The van der Waals surface area contributed by atoms with Crippen molar-refractivity contribution in [1.82, 2.24) is 5.32 Å². The third kappa shape index (κ3) is 8.07. The number of aliphatic hydroxyl groups excluding tert-OH is 1. The molecule has 0 saturated heterocycles. The van der Waals surface area contributed by atoms with E-state index in [-0.39, 0.29) is 0 Å². The fraction of sp³-hybridized carbons (Fsp3) is 0.240. The Morgan fingerprint density at radius 3 is 2.00 bits per heavy atom. The van der Waals surface area contributed by atoms with Crippen LogP contribution in [0.4, 0.5) is 0 Å². The number of ether oxygens (including phenoxy) is 1. The van der Waals surface area contributed by atoms with Crippen LogP contribution in [0.15, 0.2) is 84.9 Å². The maximum atomic E-state index is 10.2. The number of nitrogens with one attached hydrogen (secondary N) is 1. The van der Waals surface area contributed by atoms with Gasteiger partial charge in [-0.3, -0.25) is 0 Å². The highest BCUT2D eigenvalue weighted by Gasteiger charge is 2.14. The molecule has 0 radical (unpaired) electrons. The Bertz CT molecular complexity index is 867. The highest BCUT2D eigenvalue weighted by molar-refractivity contribution is 5.73. The summed E-state index contributed by atoms with van der Waals surface area (Å²) in [6.45, 7) is 3.13. The lowest BCUT2D eigenvalue weighted by molar-refractivity contribution is -0.146. The second kappa shape index (κ2) is 12.4. The summed E-state index contributed by atoms with van der Waals surface area (Å²) < 4.78 is 5.16. The summed E-state index contributed by atoms with van der Waals surface area (Å²) in [5.74, 6) is -0.315. The van der Waals surface area contributed by atoms with Gasteiger partial charge in [-0.1, -0.05) is 72.8 Å². The molecule has 5 heteroatoms. The van der Waals surface area contributed by atoms with Gasteiger partial charge in [0.25, 0.3) is 0 Å². The Morgan fingerprint density at radius 2 is 1.47 bits per heavy atom. The van der Waals surface area contributed by atoms with E-state index in [1.54, 1.807) is 37.4 Å². The van der Waals surface area contributed by atoms with Crippen LogP contribution in [-0.4, -0.2) is 29.3 Å². The number of carboxylic acids is 1. The van der Waals surface area contributed by atoms with Gasteiger partial charge in [-0.2, -0.15) is 0 Å². The zero-order chi connectivity index (χ0) is 21.8. The number of rotatable bonds is 8. The van der Waals surface area contributed by atoms with Gasteiger partial charge in [0.15, 0.2) is 6.10 Å². The zero-order valence-corrected chi connectivity index (χ0v) is 17.4. The lowest BCUT2D eigenvalue weighted by atomic mass is 10.1. The van der Waals surface area contributed by atoms with E-state index in [9.17, 15) is 4.79 Å². The number of hydrogen-bond donors (Lipinski definition) is 3. The summed E-state index contributed by atoms with van der Waals surface area (Å²) in [4.78, 5) is 10.2. The van der Waals surface area contributed by atoms with Crippen LogP contribution >= 0.6 is 0 Å². The number of methoxy groups -OCH3 is 1. The molecule has 5 nitrogen and oxygen atoms in total. The Hall–Kier alpha value is -3.15. The first-order chi connectivity index (χ1) is 14.5. The van der Waals surface area contributed by atoms with Crippen LogP contribution in [0.3, 0.4) is 0 Å². The van der Waals surface area contributed by atoms with Crippen molar-refractivity contribution in [1.29, 1.82) is 0 Å². The number of aliphatic carboxylic acids is 1. The SMILES string of the molecule is COc1ccc(C[C@@H](C)NCc2ccccc2)cc1.O=C(O)[C@H](O)c1ccccc1. The molecule has 0 unspecified atom stereocenters. The van der Waals surface area contributed by atoms with Crippen molar-refractivity contribution < 1.29 is 19.7 Å². The monoisotopic (exact) mass is 407 g/mol. The van der Waals surface area contributed by atoms with E-state index in [0.717, 1.165) is 18.7 Å². The molecule has 0 spiro atoms. The summed E-state index contributed by atoms with van der Waals surface area (Å²) in [5, 5.41) is 20.9. The van der Waals surface area contributed by atoms with Crippen LogP contribution in [-0.2, 0) is 17.8 Å². The van der Waals surface area contributed by atoms with Crippen molar-refractivity contribution in [2.75, 3.05) is 7.11 Å². The second-order valence-electron chi connectivity index (χ2n) is 6.97. The van der Waals surface area contributed by atoms with Gasteiger partial charge in [0.05, 0.1) is 7.11 Å². The topological polar surface area (TPSA) is 78.8 Å². The number of hydrogen-bond acceptors (Lipinski definition) is 4. The molecule has 2 atom stereocenters. The smallest absolute Gasteiger partial charge is 0.337 e. The van der Waals surface area contributed by atoms with Crippen LogP contribution in [0.5, 0.6) is 5.75 Å². The molecule has 3 N–H and O–H groups in total. The fourth-order valence-electron chi connectivity index (χ4n) is 2.85. The van der Waals surface area contributed by atoms with Crippen LogP contribution < -0.4 is 10.1 Å². The van der Waals surface area contributed by atoms with E-state index in [2.05, 4.69) is 48.6 Å². The molecule has 0 amide bonds. The molecule has 0 bridgehead atoms. The molecule has 0 aliphatic carbocycles. The molecule has 0 heterocycles. The molecule has 0 aromatic heterocycles. The average Bonchev–Trinajstić information content (AvgIpc) is 2.79. The van der Waals surface area contributed by atoms with Crippen LogP contribution in [0.2, 0.25) is 0 Å². The molecular formula is C25H29NO4. The van der Waals surface area contributed by atoms with E-state index in [0.29, 0.717) is 11.6 Å². The molecule has 0 aliphatic rings. The molecule has 3 aromatic rings. The summed E-state index contributed by atoms with van der Waals surface area (Å²) >= 11 is 0. The van der Waals surface area contributed by atoms with Crippen molar-refractivity contribution in [3.63, 3.8) is 0 Å². The van der Waals surface area contributed by atoms with Gasteiger partial charge in [0.1, 0.15) is 5.75 Å². The lowest BCUT2D eigenvalue weighted by Gasteiger charge is -2.14. The zero-order valence-electron chi connectivity index (χ0n) is 17.4. The van der Waals surface area contributed by atoms with E-state index in [1.165, 1.54) is 11.1 Å². The van der Waals surface area contributed by atoms with Crippen molar-refractivity contribution in [3.8, 4) is 5.75 Å². The van der Waals surface area contributed by atoms with Crippen molar-refractivity contribution >= 4 is 5.97 Å². The third-order valence-corrected chi connectivity index (χ3v) is 4.55. The standard InChI is InChI=1S/C17H21NO.C8H8O3/c1-14(18-13-16-6-4-3-5-7-16)12-15-8-10-17(19-2)11-9-15;9-7(8(10)11)6-4-2-1-3-5-6/h3-11,14,18H,12-13H2,1-2H3;1-5,7,9H,(H,10,11)/t14-;7-/m11/s1. The molecular weight excluding hydrogens is 378 g/mol. The summed E-state index contributed by atoms with van der Waals surface area (Å²) in [7, 11) is 1.69. The molecule has 30 heavy (non-hydrogen) atoms. The minimum Gasteiger partial charge on any atom is -0.497 e. The maximum absolute atomic E-state index is 10.2. The first-order valence-corrected chi connectivity index (χ1v) is 9.85. The first kappa shape index (κ1) is 23.1. The number of benzene rings is 3. The fourth-order valence-corrected chi connectivity index (χ4v) is 2.85. The van der Waals surface area contributed by atoms with E-state index in [1.807, 2.05) is 18.2 Å². The molecule has 3 aromatic carbocycles. The van der Waals surface area contributed by atoms with E-state index >= 15 is 0 Å². The Balaban J connectivity index is 0.000000248.